The van der Waals surface area contributed by atoms with Gasteiger partial charge >= 0.3 is 6.18 Å². The topological polar surface area (TPSA) is 42.4 Å². The number of carbonyl (C=O) groups excluding carboxylic acids is 1. The van der Waals surface area contributed by atoms with Gasteiger partial charge in [0.2, 0.25) is 11.8 Å². The number of hydrogen-bond acceptors (Lipinski definition) is 3. The van der Waals surface area contributed by atoms with Crippen molar-refractivity contribution in [3.05, 3.63) is 23.9 Å². The summed E-state index contributed by atoms with van der Waals surface area (Å²) < 4.78 is 42.2. The zero-order chi connectivity index (χ0) is 14.5. The quantitative estimate of drug-likeness (QED) is 0.775. The molecule has 106 valence electrons. The van der Waals surface area contributed by atoms with Gasteiger partial charge in [-0.15, -0.1) is 0 Å². The van der Waals surface area contributed by atoms with Gasteiger partial charge in [-0.2, -0.15) is 13.2 Å². The molecule has 1 aromatic rings. The Morgan fingerprint density at radius 1 is 1.37 bits per heavy atom. The van der Waals surface area contributed by atoms with Crippen molar-refractivity contribution in [2.45, 2.75) is 19.0 Å². The minimum Gasteiger partial charge on any atom is -0.478 e. The molecule has 0 spiro atoms. The van der Waals surface area contributed by atoms with E-state index in [2.05, 4.69) is 4.98 Å². The molecule has 1 amide bonds. The minimum absolute atomic E-state index is 0.0550. The molecule has 0 N–H and O–H groups in total. The molecule has 19 heavy (non-hydrogen) atoms. The van der Waals surface area contributed by atoms with Gasteiger partial charge in [0.25, 0.3) is 0 Å². The van der Waals surface area contributed by atoms with Crippen LogP contribution in [0.15, 0.2) is 18.2 Å². The summed E-state index contributed by atoms with van der Waals surface area (Å²) in [6.07, 6.45) is -3.78. The monoisotopic (exact) mass is 276 g/mol. The first-order chi connectivity index (χ1) is 8.80. The van der Waals surface area contributed by atoms with E-state index in [4.69, 9.17) is 4.74 Å². The van der Waals surface area contributed by atoms with Crippen molar-refractivity contribution in [1.29, 1.82) is 0 Å². The van der Waals surface area contributed by atoms with Crippen molar-refractivity contribution in [1.82, 2.24) is 9.88 Å². The second-order valence-electron chi connectivity index (χ2n) is 4.10. The number of ether oxygens (including phenoxy) is 1. The number of aromatic nitrogens is 1. The first-order valence-electron chi connectivity index (χ1n) is 5.68. The lowest BCUT2D eigenvalue weighted by Gasteiger charge is -2.11. The van der Waals surface area contributed by atoms with E-state index >= 15 is 0 Å². The van der Waals surface area contributed by atoms with E-state index in [9.17, 15) is 18.0 Å². The SMILES string of the molecule is CN(C)C(=O)CCCOc1cccc(C(F)(F)F)n1. The molecule has 0 fully saturated rings. The van der Waals surface area contributed by atoms with Crippen LogP contribution in [0.2, 0.25) is 0 Å². The molecule has 7 heteroatoms. The van der Waals surface area contributed by atoms with Crippen LogP contribution >= 0.6 is 0 Å². The molecule has 0 unspecified atom stereocenters. The third-order valence-corrected chi connectivity index (χ3v) is 2.30. The first kappa shape index (κ1) is 15.3. The van der Waals surface area contributed by atoms with E-state index in [-0.39, 0.29) is 24.8 Å². The number of nitrogens with zero attached hydrogens (tertiary/aromatic N) is 2. The molecule has 0 saturated carbocycles. The van der Waals surface area contributed by atoms with Crippen molar-refractivity contribution in [3.8, 4) is 5.88 Å². The average molecular weight is 276 g/mol. The van der Waals surface area contributed by atoms with Crippen LogP contribution < -0.4 is 4.74 Å². The molecule has 4 nitrogen and oxygen atoms in total. The summed E-state index contributed by atoms with van der Waals surface area (Å²) >= 11 is 0. The number of rotatable bonds is 5. The van der Waals surface area contributed by atoms with Crippen LogP contribution in [0.3, 0.4) is 0 Å². The Bertz CT molecular complexity index is 433. The fraction of sp³-hybridized carbons (Fsp3) is 0.500. The Hall–Kier alpha value is -1.79. The molecule has 0 radical (unpaired) electrons. The van der Waals surface area contributed by atoms with Gasteiger partial charge in [-0.25, -0.2) is 4.98 Å². The predicted octanol–water partition coefficient (Wildman–Crippen LogP) is 2.35. The Balaban J connectivity index is 2.44. The molecule has 0 saturated heterocycles. The van der Waals surface area contributed by atoms with Crippen molar-refractivity contribution < 1.29 is 22.7 Å². The zero-order valence-corrected chi connectivity index (χ0v) is 10.7. The normalized spacial score (nSPS) is 11.2. The van der Waals surface area contributed by atoms with E-state index < -0.39 is 11.9 Å². The van der Waals surface area contributed by atoms with Gasteiger partial charge in [-0.05, 0) is 12.5 Å². The second-order valence-corrected chi connectivity index (χ2v) is 4.10. The highest BCUT2D eigenvalue weighted by atomic mass is 19.4. The summed E-state index contributed by atoms with van der Waals surface area (Å²) in [4.78, 5) is 16.0. The standard InChI is InChI=1S/C12H15F3N2O2/c1-17(2)11(18)7-4-8-19-10-6-3-5-9(16-10)12(13,14)15/h3,5-6H,4,7-8H2,1-2H3. The lowest BCUT2D eigenvalue weighted by Crippen LogP contribution is -2.21. The van der Waals surface area contributed by atoms with Gasteiger partial charge in [-0.1, -0.05) is 6.07 Å². The van der Waals surface area contributed by atoms with Crippen LogP contribution in [0.4, 0.5) is 13.2 Å². The number of hydrogen-bond donors (Lipinski definition) is 0. The van der Waals surface area contributed by atoms with E-state index in [1.165, 1.54) is 17.0 Å². The van der Waals surface area contributed by atoms with Crippen LogP contribution in [0.1, 0.15) is 18.5 Å². The molecule has 0 bridgehead atoms. The maximum Gasteiger partial charge on any atom is 0.433 e. The average Bonchev–Trinajstić information content (AvgIpc) is 2.33. The fourth-order valence-electron chi connectivity index (χ4n) is 1.28. The lowest BCUT2D eigenvalue weighted by atomic mass is 10.3. The minimum atomic E-state index is -4.49. The third-order valence-electron chi connectivity index (χ3n) is 2.30. The number of pyridine rings is 1. The fourth-order valence-corrected chi connectivity index (χ4v) is 1.28. The summed E-state index contributed by atoms with van der Waals surface area (Å²) in [5.41, 5.74) is -0.991. The summed E-state index contributed by atoms with van der Waals surface area (Å²) in [7, 11) is 3.27. The number of carbonyl (C=O) groups is 1. The van der Waals surface area contributed by atoms with Crippen LogP contribution in [-0.4, -0.2) is 36.5 Å². The summed E-state index contributed by atoms with van der Waals surface area (Å²) in [5, 5.41) is 0. The van der Waals surface area contributed by atoms with Crippen molar-refractivity contribution >= 4 is 5.91 Å². The third kappa shape index (κ3) is 5.15. The highest BCUT2D eigenvalue weighted by molar-refractivity contribution is 5.75. The lowest BCUT2D eigenvalue weighted by molar-refractivity contribution is -0.141. The van der Waals surface area contributed by atoms with E-state index in [0.717, 1.165) is 6.07 Å². The second kappa shape index (κ2) is 6.40. The van der Waals surface area contributed by atoms with E-state index in [1.54, 1.807) is 14.1 Å². The van der Waals surface area contributed by atoms with E-state index in [0.29, 0.717) is 6.42 Å². The van der Waals surface area contributed by atoms with Gasteiger partial charge in [0.05, 0.1) is 6.61 Å². The Kier molecular flexibility index (Phi) is 5.14. The predicted molar refractivity (Wildman–Crippen MR) is 62.7 cm³/mol. The van der Waals surface area contributed by atoms with Gasteiger partial charge in [0.1, 0.15) is 5.69 Å². The molecule has 0 aliphatic heterocycles. The number of amides is 1. The summed E-state index contributed by atoms with van der Waals surface area (Å²) in [5.74, 6) is -0.146. The van der Waals surface area contributed by atoms with Gasteiger partial charge in [-0.3, -0.25) is 4.79 Å². The van der Waals surface area contributed by atoms with Crippen molar-refractivity contribution in [3.63, 3.8) is 0 Å². The van der Waals surface area contributed by atoms with Gasteiger partial charge in [0.15, 0.2) is 0 Å². The van der Waals surface area contributed by atoms with Crippen LogP contribution in [0, 0.1) is 0 Å². The Labute approximate surface area is 109 Å². The van der Waals surface area contributed by atoms with Gasteiger partial charge < -0.3 is 9.64 Å². The Morgan fingerprint density at radius 2 is 2.05 bits per heavy atom. The summed E-state index contributed by atoms with van der Waals surface area (Å²) in [6, 6.07) is 3.46. The maximum atomic E-state index is 12.4. The molecule has 0 atom stereocenters. The van der Waals surface area contributed by atoms with Crippen LogP contribution in [0.25, 0.3) is 0 Å². The molecule has 0 aliphatic rings. The molecule has 1 aromatic heterocycles. The smallest absolute Gasteiger partial charge is 0.433 e. The van der Waals surface area contributed by atoms with Crippen molar-refractivity contribution in [2.24, 2.45) is 0 Å². The van der Waals surface area contributed by atoms with Crippen LogP contribution in [0.5, 0.6) is 5.88 Å². The number of alkyl halides is 3. The molecule has 0 aromatic carbocycles. The largest absolute Gasteiger partial charge is 0.478 e. The molecule has 1 heterocycles. The highest BCUT2D eigenvalue weighted by Gasteiger charge is 2.32. The number of halogens is 3. The highest BCUT2D eigenvalue weighted by Crippen LogP contribution is 2.28. The van der Waals surface area contributed by atoms with Crippen LogP contribution in [-0.2, 0) is 11.0 Å². The van der Waals surface area contributed by atoms with Crippen molar-refractivity contribution in [2.75, 3.05) is 20.7 Å². The maximum absolute atomic E-state index is 12.4. The summed E-state index contributed by atoms with van der Waals surface area (Å²) in [6.45, 7) is 0.147. The van der Waals surface area contributed by atoms with Gasteiger partial charge in [0, 0.05) is 26.6 Å². The molecular formula is C12H15F3N2O2. The molecule has 0 aliphatic carbocycles. The molecular weight excluding hydrogens is 261 g/mol. The zero-order valence-electron chi connectivity index (χ0n) is 10.7. The van der Waals surface area contributed by atoms with E-state index in [1.807, 2.05) is 0 Å². The molecule has 1 rings (SSSR count). The Morgan fingerprint density at radius 3 is 2.63 bits per heavy atom. The first-order valence-corrected chi connectivity index (χ1v) is 5.68.